The van der Waals surface area contributed by atoms with Gasteiger partial charge in [-0.1, -0.05) is 19.8 Å². The summed E-state index contributed by atoms with van der Waals surface area (Å²) in [5.41, 5.74) is 1.72. The number of ether oxygens (including phenoxy) is 1. The van der Waals surface area contributed by atoms with Gasteiger partial charge in [0.05, 0.1) is 17.1 Å². The number of benzene rings is 1. The van der Waals surface area contributed by atoms with Gasteiger partial charge in [0.2, 0.25) is 10.0 Å². The van der Waals surface area contributed by atoms with Gasteiger partial charge in [-0.2, -0.15) is 4.31 Å². The van der Waals surface area contributed by atoms with E-state index in [4.69, 9.17) is 4.74 Å². The number of likely N-dealkylation sites (N-methyl/N-ethyl adjacent to an activating group) is 1. The van der Waals surface area contributed by atoms with E-state index in [1.165, 1.54) is 39.9 Å². The molecule has 0 radical (unpaired) electrons. The Balaban J connectivity index is 0.00000361. The van der Waals surface area contributed by atoms with Gasteiger partial charge in [0.25, 0.3) is 5.91 Å². The van der Waals surface area contributed by atoms with Crippen molar-refractivity contribution in [3.63, 3.8) is 0 Å². The van der Waals surface area contributed by atoms with Crippen LogP contribution in [0.5, 0.6) is 0 Å². The van der Waals surface area contributed by atoms with Crippen molar-refractivity contribution >= 4 is 50.6 Å². The number of halogens is 1. The van der Waals surface area contributed by atoms with Crippen LogP contribution in [0, 0.1) is 0 Å². The summed E-state index contributed by atoms with van der Waals surface area (Å²) in [7, 11) is -3.58. The topological polar surface area (TPSA) is 96.0 Å². The maximum absolute atomic E-state index is 13.1. The van der Waals surface area contributed by atoms with E-state index < -0.39 is 16.0 Å². The summed E-state index contributed by atoms with van der Waals surface area (Å²) < 4.78 is 32.9. The molecule has 1 saturated heterocycles. The lowest BCUT2D eigenvalue weighted by Crippen LogP contribution is -2.31. The minimum atomic E-state index is -3.58. The fraction of sp³-hybridized carbons (Fsp3) is 0.520. The molecule has 1 fully saturated rings. The number of hydrogen-bond acceptors (Lipinski definition) is 7. The molecule has 1 amide bonds. The SMILES string of the molecule is CCOC(=O)c1c(NC(=O)c2ccc(S(=O)(=O)N3CCCCCC3)cc2)sc2c1CCN(CC)C2.Cl. The first-order chi connectivity index (χ1) is 16.8. The van der Waals surface area contributed by atoms with Crippen LogP contribution in [0.2, 0.25) is 0 Å². The summed E-state index contributed by atoms with van der Waals surface area (Å²) in [6, 6.07) is 6.02. The van der Waals surface area contributed by atoms with E-state index in [-0.39, 0.29) is 29.8 Å². The molecule has 1 aromatic heterocycles. The number of rotatable bonds is 7. The Morgan fingerprint density at radius 3 is 2.31 bits per heavy atom. The van der Waals surface area contributed by atoms with Crippen molar-refractivity contribution in [1.29, 1.82) is 0 Å². The van der Waals surface area contributed by atoms with Crippen molar-refractivity contribution in [1.82, 2.24) is 9.21 Å². The third-order valence-corrected chi connectivity index (χ3v) is 9.65. The highest BCUT2D eigenvalue weighted by Crippen LogP contribution is 2.38. The van der Waals surface area contributed by atoms with Crippen LogP contribution in [-0.4, -0.2) is 62.3 Å². The van der Waals surface area contributed by atoms with Crippen LogP contribution < -0.4 is 5.32 Å². The molecule has 0 atom stereocenters. The number of anilines is 1. The lowest BCUT2D eigenvalue weighted by atomic mass is 10.0. The van der Waals surface area contributed by atoms with Gasteiger partial charge in [-0.3, -0.25) is 9.69 Å². The summed E-state index contributed by atoms with van der Waals surface area (Å²) in [5.74, 6) is -0.815. The van der Waals surface area contributed by atoms with E-state index in [0.29, 0.717) is 29.2 Å². The van der Waals surface area contributed by atoms with Crippen LogP contribution in [0.3, 0.4) is 0 Å². The number of esters is 1. The van der Waals surface area contributed by atoms with Crippen molar-refractivity contribution in [3.05, 3.63) is 45.8 Å². The number of thiophene rings is 1. The van der Waals surface area contributed by atoms with E-state index in [0.717, 1.165) is 62.2 Å². The monoisotopic (exact) mass is 555 g/mol. The molecule has 0 saturated carbocycles. The molecule has 4 rings (SSSR count). The molecule has 2 aliphatic heterocycles. The van der Waals surface area contributed by atoms with Crippen molar-refractivity contribution in [2.45, 2.75) is 57.4 Å². The molecular formula is C25H34ClN3O5S2. The quantitative estimate of drug-likeness (QED) is 0.504. The van der Waals surface area contributed by atoms with Crippen LogP contribution >= 0.6 is 23.7 Å². The summed E-state index contributed by atoms with van der Waals surface area (Å²) in [4.78, 5) is 29.4. The van der Waals surface area contributed by atoms with Crippen molar-refractivity contribution in [2.24, 2.45) is 0 Å². The molecule has 1 N–H and O–H groups in total. The van der Waals surface area contributed by atoms with Crippen molar-refractivity contribution < 1.29 is 22.7 Å². The smallest absolute Gasteiger partial charge is 0.341 e. The Morgan fingerprint density at radius 1 is 1.03 bits per heavy atom. The summed E-state index contributed by atoms with van der Waals surface area (Å²) in [6.45, 7) is 7.68. The van der Waals surface area contributed by atoms with Gasteiger partial charge >= 0.3 is 5.97 Å². The van der Waals surface area contributed by atoms with Gasteiger partial charge in [-0.15, -0.1) is 23.7 Å². The molecule has 0 bridgehead atoms. The first kappa shape index (κ1) is 28.6. The molecule has 0 spiro atoms. The van der Waals surface area contributed by atoms with E-state index in [1.54, 1.807) is 6.92 Å². The molecule has 2 aromatic rings. The van der Waals surface area contributed by atoms with Crippen LogP contribution in [-0.2, 0) is 27.7 Å². The van der Waals surface area contributed by atoms with Crippen LogP contribution in [0.15, 0.2) is 29.2 Å². The Bertz CT molecular complexity index is 1170. The second-order valence-electron chi connectivity index (χ2n) is 8.84. The van der Waals surface area contributed by atoms with E-state index in [1.807, 2.05) is 0 Å². The van der Waals surface area contributed by atoms with Crippen LogP contribution in [0.4, 0.5) is 5.00 Å². The molecule has 3 heterocycles. The van der Waals surface area contributed by atoms with E-state index in [9.17, 15) is 18.0 Å². The number of amides is 1. The number of nitrogens with zero attached hydrogens (tertiary/aromatic N) is 2. The number of hydrogen-bond donors (Lipinski definition) is 1. The highest BCUT2D eigenvalue weighted by Gasteiger charge is 2.30. The Hall–Kier alpha value is -1.98. The Labute approximate surface area is 223 Å². The molecule has 0 unspecified atom stereocenters. The predicted octanol–water partition coefficient (Wildman–Crippen LogP) is 4.54. The minimum Gasteiger partial charge on any atom is -0.462 e. The Kier molecular flexibility index (Phi) is 9.94. The van der Waals surface area contributed by atoms with Gasteiger partial charge < -0.3 is 10.1 Å². The molecule has 8 nitrogen and oxygen atoms in total. The predicted molar refractivity (Wildman–Crippen MR) is 144 cm³/mol. The Morgan fingerprint density at radius 2 is 1.69 bits per heavy atom. The normalized spacial score (nSPS) is 16.9. The van der Waals surface area contributed by atoms with Gasteiger partial charge in [0.1, 0.15) is 5.00 Å². The lowest BCUT2D eigenvalue weighted by Gasteiger charge is -2.25. The highest BCUT2D eigenvalue weighted by atomic mass is 35.5. The number of nitrogens with one attached hydrogen (secondary N) is 1. The molecule has 11 heteroatoms. The van der Waals surface area contributed by atoms with Crippen molar-refractivity contribution in [2.75, 3.05) is 38.1 Å². The average molecular weight is 556 g/mol. The third-order valence-electron chi connectivity index (χ3n) is 6.61. The van der Waals surface area contributed by atoms with Gasteiger partial charge in [0.15, 0.2) is 0 Å². The number of carbonyl (C=O) groups excluding carboxylic acids is 2. The van der Waals surface area contributed by atoms with E-state index in [2.05, 4.69) is 17.1 Å². The van der Waals surface area contributed by atoms with Gasteiger partial charge in [-0.05, 0) is 62.6 Å². The largest absolute Gasteiger partial charge is 0.462 e. The fourth-order valence-corrected chi connectivity index (χ4v) is 7.41. The van der Waals surface area contributed by atoms with Crippen LogP contribution in [0.1, 0.15) is 70.7 Å². The minimum absolute atomic E-state index is 0. The van der Waals surface area contributed by atoms with E-state index >= 15 is 0 Å². The number of carbonyl (C=O) groups is 2. The zero-order chi connectivity index (χ0) is 25.0. The highest BCUT2D eigenvalue weighted by molar-refractivity contribution is 7.89. The third kappa shape index (κ3) is 6.11. The second-order valence-corrected chi connectivity index (χ2v) is 11.9. The standard InChI is InChI=1S/C25H33N3O5S2.ClH/c1-3-27-16-13-20-21(17-27)34-24(22(20)25(30)33-4-2)26-23(29)18-9-11-19(12-10-18)35(31,32)28-14-7-5-6-8-15-28;/h9-12H,3-8,13-17H2,1-2H3,(H,26,29);1H. The summed E-state index contributed by atoms with van der Waals surface area (Å²) >= 11 is 1.41. The summed E-state index contributed by atoms with van der Waals surface area (Å²) in [6.07, 6.45) is 4.54. The number of fused-ring (bicyclic) bond motifs is 1. The molecule has 1 aromatic carbocycles. The van der Waals surface area contributed by atoms with Crippen LogP contribution in [0.25, 0.3) is 0 Å². The molecule has 198 valence electrons. The average Bonchev–Trinajstić information content (AvgIpc) is 3.00. The zero-order valence-electron chi connectivity index (χ0n) is 20.7. The lowest BCUT2D eigenvalue weighted by molar-refractivity contribution is 0.0526. The maximum atomic E-state index is 13.1. The second kappa shape index (κ2) is 12.5. The molecule has 0 aliphatic carbocycles. The fourth-order valence-electron chi connectivity index (χ4n) is 4.62. The summed E-state index contributed by atoms with van der Waals surface area (Å²) in [5, 5.41) is 3.37. The molecular weight excluding hydrogens is 522 g/mol. The van der Waals surface area contributed by atoms with Crippen molar-refractivity contribution in [3.8, 4) is 0 Å². The van der Waals surface area contributed by atoms with Gasteiger partial charge in [-0.25, -0.2) is 13.2 Å². The first-order valence-corrected chi connectivity index (χ1v) is 14.6. The first-order valence-electron chi connectivity index (χ1n) is 12.3. The molecule has 36 heavy (non-hydrogen) atoms. The maximum Gasteiger partial charge on any atom is 0.341 e. The van der Waals surface area contributed by atoms with Gasteiger partial charge in [0, 0.05) is 36.6 Å². The molecule has 2 aliphatic rings. The number of sulfonamides is 1. The zero-order valence-corrected chi connectivity index (χ0v) is 23.2.